The number of carboxylic acids is 1. The Morgan fingerprint density at radius 2 is 1.77 bits per heavy atom. The van der Waals surface area contributed by atoms with Gasteiger partial charge in [0.1, 0.15) is 0 Å². The molecule has 1 saturated heterocycles. The fraction of sp³-hybridized carbons (Fsp3) is 0.526. The van der Waals surface area contributed by atoms with Crippen LogP contribution in [0.15, 0.2) is 35.9 Å². The van der Waals surface area contributed by atoms with E-state index >= 15 is 0 Å². The fourth-order valence-electron chi connectivity index (χ4n) is 3.96. The molecule has 3 nitrogen and oxygen atoms in total. The molecule has 3 heteroatoms. The van der Waals surface area contributed by atoms with Gasteiger partial charge in [-0.05, 0) is 42.7 Å². The Bertz CT molecular complexity index is 524. The maximum absolute atomic E-state index is 11.5. The Kier molecular flexibility index (Phi) is 4.94. The normalized spacial score (nSPS) is 25.9. The summed E-state index contributed by atoms with van der Waals surface area (Å²) in [6.07, 6.45) is 7.93. The third-order valence-electron chi connectivity index (χ3n) is 5.16. The van der Waals surface area contributed by atoms with Crippen molar-refractivity contribution in [2.45, 2.75) is 32.1 Å². The molecule has 1 aromatic rings. The molecule has 1 aliphatic heterocycles. The van der Waals surface area contributed by atoms with Gasteiger partial charge in [0.15, 0.2) is 0 Å². The minimum Gasteiger partial charge on any atom is -0.478 e. The number of likely N-dealkylation sites (tertiary alicyclic amines) is 1. The van der Waals surface area contributed by atoms with E-state index in [-0.39, 0.29) is 0 Å². The molecule has 22 heavy (non-hydrogen) atoms. The van der Waals surface area contributed by atoms with Crippen LogP contribution in [0.5, 0.6) is 0 Å². The first-order valence-electron chi connectivity index (χ1n) is 8.43. The lowest BCUT2D eigenvalue weighted by molar-refractivity contribution is -0.132. The quantitative estimate of drug-likeness (QED) is 0.843. The molecular weight excluding hydrogens is 274 g/mol. The molecule has 2 atom stereocenters. The molecule has 0 unspecified atom stereocenters. The maximum atomic E-state index is 11.5. The molecule has 0 amide bonds. The summed E-state index contributed by atoms with van der Waals surface area (Å²) in [4.78, 5) is 13.9. The third-order valence-corrected chi connectivity index (χ3v) is 5.16. The first-order chi connectivity index (χ1) is 10.7. The summed E-state index contributed by atoms with van der Waals surface area (Å²) in [6, 6.07) is 9.73. The van der Waals surface area contributed by atoms with Gasteiger partial charge in [-0.2, -0.15) is 0 Å². The second kappa shape index (κ2) is 7.10. The van der Waals surface area contributed by atoms with Crippen LogP contribution in [-0.4, -0.2) is 35.6 Å². The number of carbonyl (C=O) groups is 1. The van der Waals surface area contributed by atoms with Gasteiger partial charge < -0.3 is 10.0 Å². The van der Waals surface area contributed by atoms with Gasteiger partial charge in [-0.25, -0.2) is 4.79 Å². The lowest BCUT2D eigenvalue weighted by Crippen LogP contribution is -2.23. The highest BCUT2D eigenvalue weighted by atomic mass is 16.4. The van der Waals surface area contributed by atoms with E-state index in [2.05, 4.69) is 4.90 Å². The molecule has 0 spiro atoms. The predicted molar refractivity (Wildman–Crippen MR) is 88.6 cm³/mol. The van der Waals surface area contributed by atoms with Gasteiger partial charge in [-0.1, -0.05) is 43.2 Å². The molecule has 1 heterocycles. The smallest absolute Gasteiger partial charge is 0.331 e. The van der Waals surface area contributed by atoms with E-state index in [1.165, 1.54) is 38.8 Å². The van der Waals surface area contributed by atoms with Crippen LogP contribution < -0.4 is 0 Å². The topological polar surface area (TPSA) is 40.5 Å². The molecule has 1 N–H and O–H groups in total. The fourth-order valence-corrected chi connectivity index (χ4v) is 3.96. The Morgan fingerprint density at radius 3 is 2.36 bits per heavy atom. The average Bonchev–Trinajstić information content (AvgIpc) is 2.95. The van der Waals surface area contributed by atoms with Crippen molar-refractivity contribution >= 4 is 12.0 Å². The van der Waals surface area contributed by atoms with Crippen molar-refractivity contribution in [2.24, 2.45) is 11.8 Å². The van der Waals surface area contributed by atoms with Crippen LogP contribution >= 0.6 is 0 Å². The zero-order valence-electron chi connectivity index (χ0n) is 13.1. The first-order valence-corrected chi connectivity index (χ1v) is 8.43. The summed E-state index contributed by atoms with van der Waals surface area (Å²) < 4.78 is 0. The molecule has 0 bridgehead atoms. The SMILES string of the molecule is O=C(O)C(=Cc1ccccc1)CCN1C[C@H]2CCCC[C@H]2C1. The van der Waals surface area contributed by atoms with Crippen LogP contribution in [0.25, 0.3) is 6.08 Å². The highest BCUT2D eigenvalue weighted by Gasteiger charge is 2.33. The Morgan fingerprint density at radius 1 is 1.14 bits per heavy atom. The van der Waals surface area contributed by atoms with E-state index in [0.29, 0.717) is 12.0 Å². The van der Waals surface area contributed by atoms with Crippen LogP contribution in [0.1, 0.15) is 37.7 Å². The lowest BCUT2D eigenvalue weighted by Gasteiger charge is -2.23. The molecule has 1 aromatic carbocycles. The van der Waals surface area contributed by atoms with Crippen LogP contribution in [0, 0.1) is 11.8 Å². The molecule has 1 aliphatic carbocycles. The maximum Gasteiger partial charge on any atom is 0.331 e. The zero-order valence-corrected chi connectivity index (χ0v) is 13.1. The van der Waals surface area contributed by atoms with Crippen molar-refractivity contribution in [2.75, 3.05) is 19.6 Å². The number of hydrogen-bond acceptors (Lipinski definition) is 2. The van der Waals surface area contributed by atoms with E-state index < -0.39 is 5.97 Å². The molecule has 0 aromatic heterocycles. The highest BCUT2D eigenvalue weighted by molar-refractivity contribution is 5.92. The minimum absolute atomic E-state index is 0.515. The van der Waals surface area contributed by atoms with Crippen molar-refractivity contribution in [3.8, 4) is 0 Å². The Balaban J connectivity index is 1.58. The van der Waals surface area contributed by atoms with Gasteiger partial charge in [-0.15, -0.1) is 0 Å². The largest absolute Gasteiger partial charge is 0.478 e. The number of nitrogens with zero attached hydrogens (tertiary/aromatic N) is 1. The minimum atomic E-state index is -0.791. The molecule has 118 valence electrons. The Hall–Kier alpha value is -1.61. The second-order valence-corrected chi connectivity index (χ2v) is 6.70. The standard InChI is InChI=1S/C19H25NO2/c21-19(22)16(12-15-6-2-1-3-7-15)10-11-20-13-17-8-4-5-9-18(17)14-20/h1-3,6-7,12,17-18H,4-5,8-11,13-14H2,(H,21,22)/t17-,18+. The van der Waals surface area contributed by atoms with E-state index in [4.69, 9.17) is 0 Å². The molecule has 0 radical (unpaired) electrons. The molecule has 2 aliphatic rings. The lowest BCUT2D eigenvalue weighted by atomic mass is 9.82. The Labute approximate surface area is 132 Å². The van der Waals surface area contributed by atoms with E-state index in [1.54, 1.807) is 0 Å². The molecule has 1 saturated carbocycles. The van der Waals surface area contributed by atoms with Crippen LogP contribution in [0.3, 0.4) is 0 Å². The van der Waals surface area contributed by atoms with Crippen LogP contribution in [-0.2, 0) is 4.79 Å². The summed E-state index contributed by atoms with van der Waals surface area (Å²) in [5.74, 6) is 0.931. The summed E-state index contributed by atoms with van der Waals surface area (Å²) in [7, 11) is 0. The van der Waals surface area contributed by atoms with Gasteiger partial charge in [-0.3, -0.25) is 0 Å². The van der Waals surface area contributed by atoms with E-state index in [9.17, 15) is 9.90 Å². The van der Waals surface area contributed by atoms with Crippen molar-refractivity contribution in [1.29, 1.82) is 0 Å². The van der Waals surface area contributed by atoms with Crippen molar-refractivity contribution in [3.63, 3.8) is 0 Å². The number of rotatable bonds is 5. The van der Waals surface area contributed by atoms with Crippen molar-refractivity contribution in [1.82, 2.24) is 4.90 Å². The van der Waals surface area contributed by atoms with Gasteiger partial charge in [0.05, 0.1) is 0 Å². The van der Waals surface area contributed by atoms with Gasteiger partial charge in [0, 0.05) is 25.2 Å². The number of benzene rings is 1. The van der Waals surface area contributed by atoms with Gasteiger partial charge in [0.25, 0.3) is 0 Å². The first kappa shape index (κ1) is 15.3. The molecule has 3 rings (SSSR count). The van der Waals surface area contributed by atoms with Crippen LogP contribution in [0.4, 0.5) is 0 Å². The zero-order chi connectivity index (χ0) is 15.4. The monoisotopic (exact) mass is 299 g/mol. The summed E-state index contributed by atoms with van der Waals surface area (Å²) in [5.41, 5.74) is 1.48. The third kappa shape index (κ3) is 3.77. The predicted octanol–water partition coefficient (Wildman–Crippen LogP) is 3.67. The van der Waals surface area contributed by atoms with E-state index in [0.717, 1.165) is 23.9 Å². The summed E-state index contributed by atoms with van der Waals surface area (Å²) >= 11 is 0. The van der Waals surface area contributed by atoms with Gasteiger partial charge >= 0.3 is 5.97 Å². The highest BCUT2D eigenvalue weighted by Crippen LogP contribution is 2.36. The van der Waals surface area contributed by atoms with Crippen LogP contribution in [0.2, 0.25) is 0 Å². The van der Waals surface area contributed by atoms with Crippen molar-refractivity contribution in [3.05, 3.63) is 41.5 Å². The van der Waals surface area contributed by atoms with Crippen molar-refractivity contribution < 1.29 is 9.90 Å². The number of carboxylic acid groups (broad SMARTS) is 1. The summed E-state index contributed by atoms with van der Waals surface area (Å²) in [5, 5.41) is 9.43. The molecular formula is C19H25NO2. The number of fused-ring (bicyclic) bond motifs is 1. The molecule has 2 fully saturated rings. The number of aliphatic carboxylic acids is 1. The average molecular weight is 299 g/mol. The summed E-state index contributed by atoms with van der Waals surface area (Å²) in [6.45, 7) is 3.21. The second-order valence-electron chi connectivity index (χ2n) is 6.70. The number of hydrogen-bond donors (Lipinski definition) is 1. The van der Waals surface area contributed by atoms with Gasteiger partial charge in [0.2, 0.25) is 0 Å². The van der Waals surface area contributed by atoms with E-state index in [1.807, 2.05) is 36.4 Å².